The van der Waals surface area contributed by atoms with Crippen LogP contribution in [0.25, 0.3) is 0 Å². The summed E-state index contributed by atoms with van der Waals surface area (Å²) >= 11 is 1.58. The van der Waals surface area contributed by atoms with E-state index in [1.54, 1.807) is 11.9 Å². The summed E-state index contributed by atoms with van der Waals surface area (Å²) in [6, 6.07) is 16.4. The molecule has 1 atom stereocenters. The molecule has 0 unspecified atom stereocenters. The number of carbonyl (C=O) groups excluding carboxylic acids is 1. The van der Waals surface area contributed by atoms with Crippen LogP contribution in [-0.4, -0.2) is 56.9 Å². The highest BCUT2D eigenvalue weighted by atomic mass is 32.2. The lowest BCUT2D eigenvalue weighted by atomic mass is 9.87. The predicted octanol–water partition coefficient (Wildman–Crippen LogP) is 4.55. The lowest BCUT2D eigenvalue weighted by Crippen LogP contribution is -2.56. The van der Waals surface area contributed by atoms with E-state index in [-0.39, 0.29) is 17.0 Å². The number of aromatic carboxylic acids is 1. The van der Waals surface area contributed by atoms with Crippen molar-refractivity contribution < 1.29 is 14.7 Å². The van der Waals surface area contributed by atoms with E-state index in [1.807, 2.05) is 4.90 Å². The van der Waals surface area contributed by atoms with Gasteiger partial charge in [0.2, 0.25) is 5.91 Å². The molecule has 0 bridgehead atoms. The summed E-state index contributed by atoms with van der Waals surface area (Å²) < 4.78 is 2.12. The van der Waals surface area contributed by atoms with Crippen molar-refractivity contribution in [2.24, 2.45) is 0 Å². The molecule has 4 rings (SSSR count). The topological polar surface area (TPSA) is 98.7 Å². The highest BCUT2D eigenvalue weighted by molar-refractivity contribution is 7.97. The molecule has 0 saturated carbocycles. The molecule has 1 aliphatic heterocycles. The van der Waals surface area contributed by atoms with Gasteiger partial charge in [-0.2, -0.15) is 0 Å². The fourth-order valence-corrected chi connectivity index (χ4v) is 5.23. The van der Waals surface area contributed by atoms with Gasteiger partial charge in [0, 0.05) is 31.1 Å². The van der Waals surface area contributed by atoms with Crippen LogP contribution in [-0.2, 0) is 23.2 Å². The number of aromatic nitrogens is 2. The van der Waals surface area contributed by atoms with E-state index in [9.17, 15) is 9.59 Å². The summed E-state index contributed by atoms with van der Waals surface area (Å²) in [5, 5.41) is 12.3. The third-order valence-electron chi connectivity index (χ3n) is 6.66. The van der Waals surface area contributed by atoms with Crippen LogP contribution in [0.1, 0.15) is 54.9 Å². The molecule has 2 aromatic carbocycles. The Kier molecular flexibility index (Phi) is 8.69. The van der Waals surface area contributed by atoms with Gasteiger partial charge in [-0.05, 0) is 52.6 Å². The number of rotatable bonds is 8. The second-order valence-corrected chi connectivity index (χ2v) is 11.5. The van der Waals surface area contributed by atoms with Crippen LogP contribution >= 0.6 is 11.9 Å². The van der Waals surface area contributed by atoms with Gasteiger partial charge in [-0.25, -0.2) is 19.1 Å². The molecular weight excluding hydrogens is 498 g/mol. The van der Waals surface area contributed by atoms with Gasteiger partial charge in [0.05, 0.1) is 12.4 Å². The van der Waals surface area contributed by atoms with Crippen LogP contribution in [0.5, 0.6) is 0 Å². The van der Waals surface area contributed by atoms with E-state index in [0.717, 1.165) is 16.9 Å². The monoisotopic (exact) mass is 533 g/mol. The predicted molar refractivity (Wildman–Crippen MR) is 150 cm³/mol. The molecule has 1 aromatic heterocycles. The van der Waals surface area contributed by atoms with Crippen molar-refractivity contribution in [1.82, 2.24) is 19.6 Å². The summed E-state index contributed by atoms with van der Waals surface area (Å²) in [7, 11) is 0. The summed E-state index contributed by atoms with van der Waals surface area (Å²) in [5.41, 5.74) is 3.54. The van der Waals surface area contributed by atoms with Crippen LogP contribution in [0.3, 0.4) is 0 Å². The maximum atomic E-state index is 13.5. The van der Waals surface area contributed by atoms with E-state index in [1.165, 1.54) is 23.5 Å². The molecule has 2 heterocycles. The van der Waals surface area contributed by atoms with Crippen LogP contribution in [0.2, 0.25) is 0 Å². The molecule has 0 spiro atoms. The van der Waals surface area contributed by atoms with E-state index < -0.39 is 12.0 Å². The molecule has 9 heteroatoms. The molecule has 38 heavy (non-hydrogen) atoms. The average Bonchev–Trinajstić information content (AvgIpc) is 2.92. The number of hydrogen-bond donors (Lipinski definition) is 2. The fourth-order valence-electron chi connectivity index (χ4n) is 4.24. The van der Waals surface area contributed by atoms with Crippen molar-refractivity contribution in [3.63, 3.8) is 0 Å². The average molecular weight is 534 g/mol. The fraction of sp³-hybridized carbons (Fsp3) is 0.379. The number of benzene rings is 2. The minimum Gasteiger partial charge on any atom is -0.476 e. The van der Waals surface area contributed by atoms with Crippen molar-refractivity contribution >= 4 is 29.6 Å². The lowest BCUT2D eigenvalue weighted by molar-refractivity contribution is -0.125. The summed E-state index contributed by atoms with van der Waals surface area (Å²) in [6.07, 6.45) is 3.69. The van der Waals surface area contributed by atoms with E-state index >= 15 is 0 Å². The molecule has 3 aromatic rings. The smallest absolute Gasteiger partial charge is 0.356 e. The Hall–Kier alpha value is -3.43. The van der Waals surface area contributed by atoms with E-state index in [0.29, 0.717) is 32.0 Å². The molecule has 8 nitrogen and oxygen atoms in total. The van der Waals surface area contributed by atoms with Crippen molar-refractivity contribution in [1.29, 1.82) is 0 Å². The van der Waals surface area contributed by atoms with Crippen molar-refractivity contribution in [3.05, 3.63) is 83.3 Å². The molecule has 1 fully saturated rings. The maximum absolute atomic E-state index is 13.5. The number of carbonyl (C=O) groups is 2. The number of anilines is 1. The van der Waals surface area contributed by atoms with Gasteiger partial charge in [0.1, 0.15) is 11.9 Å². The first-order valence-electron chi connectivity index (χ1n) is 12.8. The quantitative estimate of drug-likeness (QED) is 0.407. The Bertz CT molecular complexity index is 1240. The Morgan fingerprint density at radius 2 is 1.68 bits per heavy atom. The third-order valence-corrected chi connectivity index (χ3v) is 7.81. The molecular formula is C29H35N5O3S. The lowest BCUT2D eigenvalue weighted by Gasteiger charge is -2.40. The number of nitrogens with zero attached hydrogens (tertiary/aromatic N) is 4. The number of amides is 1. The zero-order valence-corrected chi connectivity index (χ0v) is 23.2. The Labute approximate surface area is 228 Å². The third kappa shape index (κ3) is 6.90. The summed E-state index contributed by atoms with van der Waals surface area (Å²) in [5.74, 6) is -0.628. The Morgan fingerprint density at radius 1 is 1.00 bits per heavy atom. The van der Waals surface area contributed by atoms with Gasteiger partial charge in [-0.1, -0.05) is 64.1 Å². The first-order valence-corrected chi connectivity index (χ1v) is 13.6. The van der Waals surface area contributed by atoms with Crippen molar-refractivity contribution in [2.75, 3.05) is 24.5 Å². The number of aryl methyl sites for hydroxylation is 1. The number of carboxylic acid groups (broad SMARTS) is 1. The zero-order valence-electron chi connectivity index (χ0n) is 22.3. The van der Waals surface area contributed by atoms with Gasteiger partial charge in [-0.3, -0.25) is 4.79 Å². The molecule has 1 aliphatic rings. The number of carboxylic acids is 1. The highest BCUT2D eigenvalue weighted by Crippen LogP contribution is 2.29. The summed E-state index contributed by atoms with van der Waals surface area (Å²) in [4.78, 5) is 36.0. The van der Waals surface area contributed by atoms with Gasteiger partial charge in [0.25, 0.3) is 0 Å². The number of hydrogen-bond acceptors (Lipinski definition) is 7. The minimum atomic E-state index is -1.12. The largest absolute Gasteiger partial charge is 0.476 e. The Morgan fingerprint density at radius 3 is 2.26 bits per heavy atom. The van der Waals surface area contributed by atoms with Crippen LogP contribution in [0.15, 0.2) is 65.8 Å². The van der Waals surface area contributed by atoms with Crippen LogP contribution in [0, 0.1) is 0 Å². The van der Waals surface area contributed by atoms with E-state index in [2.05, 4.69) is 95.8 Å². The zero-order chi connectivity index (χ0) is 27.3. The van der Waals surface area contributed by atoms with Crippen molar-refractivity contribution in [3.8, 4) is 0 Å². The molecule has 1 saturated heterocycles. The first-order chi connectivity index (χ1) is 18.1. The SMILES string of the molecule is CCc1ccc(SN2CCN(c3cnc(C(=O)O)cn3)C[C@@H]2C(=O)NCc2ccc(C(C)(C)C)cc2)cc1. The van der Waals surface area contributed by atoms with Crippen LogP contribution < -0.4 is 10.2 Å². The van der Waals surface area contributed by atoms with Gasteiger partial charge in [0.15, 0.2) is 5.69 Å². The summed E-state index contributed by atoms with van der Waals surface area (Å²) in [6.45, 7) is 10.8. The number of piperazine rings is 1. The molecule has 200 valence electrons. The molecule has 0 aliphatic carbocycles. The standard InChI is InChI=1S/C29H35N5O3S/c1-5-20-8-12-23(13-9-20)38-34-15-14-33(26-18-30-24(17-31-26)28(36)37)19-25(34)27(35)32-16-21-6-10-22(11-7-21)29(2,3)4/h6-13,17-18,25H,5,14-16,19H2,1-4H3,(H,32,35)(H,36,37)/t25-/m1/s1. The Balaban J connectivity index is 1.49. The van der Waals surface area contributed by atoms with Gasteiger partial charge in [-0.15, -0.1) is 0 Å². The van der Waals surface area contributed by atoms with Gasteiger partial charge < -0.3 is 15.3 Å². The van der Waals surface area contributed by atoms with Crippen LogP contribution in [0.4, 0.5) is 5.82 Å². The number of nitrogens with one attached hydrogen (secondary N) is 1. The normalized spacial score (nSPS) is 16.3. The maximum Gasteiger partial charge on any atom is 0.356 e. The molecule has 1 amide bonds. The molecule has 0 radical (unpaired) electrons. The second kappa shape index (κ2) is 12.0. The van der Waals surface area contributed by atoms with Crippen molar-refractivity contribution in [2.45, 2.75) is 57.0 Å². The van der Waals surface area contributed by atoms with E-state index in [4.69, 9.17) is 5.11 Å². The molecule has 2 N–H and O–H groups in total. The second-order valence-electron chi connectivity index (χ2n) is 10.4. The first kappa shape index (κ1) is 27.6. The highest BCUT2D eigenvalue weighted by Gasteiger charge is 2.34. The van der Waals surface area contributed by atoms with Gasteiger partial charge >= 0.3 is 5.97 Å². The minimum absolute atomic E-state index is 0.0672.